The van der Waals surface area contributed by atoms with Crippen LogP contribution in [0.5, 0.6) is 0 Å². The SMILES string of the molecule is COC(=O)c1cccc(N2CCCN(C3CCN(C(C)C)CC3)CC2)n1. The van der Waals surface area contributed by atoms with Crippen LogP contribution in [0.3, 0.4) is 0 Å². The number of ether oxygens (including phenoxy) is 1. The molecule has 0 aromatic carbocycles. The predicted molar refractivity (Wildman–Crippen MR) is 104 cm³/mol. The Kier molecular flexibility index (Phi) is 6.48. The number of rotatable bonds is 4. The summed E-state index contributed by atoms with van der Waals surface area (Å²) in [5.41, 5.74) is 0.382. The van der Waals surface area contributed by atoms with E-state index in [0.29, 0.717) is 17.8 Å². The lowest BCUT2D eigenvalue weighted by molar-refractivity contribution is 0.0594. The number of carbonyl (C=O) groups excluding carboxylic acids is 1. The minimum absolute atomic E-state index is 0.375. The Morgan fingerprint density at radius 3 is 2.58 bits per heavy atom. The van der Waals surface area contributed by atoms with Crippen LogP contribution in [-0.2, 0) is 4.74 Å². The molecule has 6 nitrogen and oxygen atoms in total. The molecular weight excluding hydrogens is 328 g/mol. The standard InChI is InChI=1S/C20H32N4O2/c1-16(2)22-12-8-17(9-13-22)23-10-5-11-24(15-14-23)19-7-4-6-18(21-19)20(25)26-3/h4,6-7,16-17H,5,8-15H2,1-3H3. The highest BCUT2D eigenvalue weighted by atomic mass is 16.5. The van der Waals surface area contributed by atoms with E-state index in [2.05, 4.69) is 33.5 Å². The number of aromatic nitrogens is 1. The predicted octanol–water partition coefficient (Wildman–Crippen LogP) is 2.25. The molecule has 1 aromatic rings. The zero-order valence-electron chi connectivity index (χ0n) is 16.4. The topological polar surface area (TPSA) is 48.9 Å². The largest absolute Gasteiger partial charge is 0.464 e. The fourth-order valence-corrected chi connectivity index (χ4v) is 4.12. The number of methoxy groups -OCH3 is 1. The van der Waals surface area contributed by atoms with Gasteiger partial charge in [-0.25, -0.2) is 9.78 Å². The summed E-state index contributed by atoms with van der Waals surface area (Å²) in [6.07, 6.45) is 3.68. The van der Waals surface area contributed by atoms with Crippen molar-refractivity contribution in [1.29, 1.82) is 0 Å². The first-order valence-corrected chi connectivity index (χ1v) is 9.87. The van der Waals surface area contributed by atoms with Crippen molar-refractivity contribution in [3.05, 3.63) is 23.9 Å². The van der Waals surface area contributed by atoms with Crippen LogP contribution in [0.25, 0.3) is 0 Å². The number of carbonyl (C=O) groups is 1. The van der Waals surface area contributed by atoms with Crippen LogP contribution in [0, 0.1) is 0 Å². The number of likely N-dealkylation sites (tertiary alicyclic amines) is 1. The van der Waals surface area contributed by atoms with Crippen molar-refractivity contribution < 1.29 is 9.53 Å². The fourth-order valence-electron chi connectivity index (χ4n) is 4.12. The summed E-state index contributed by atoms with van der Waals surface area (Å²) in [5, 5.41) is 0. The Morgan fingerprint density at radius 1 is 1.12 bits per heavy atom. The van der Waals surface area contributed by atoms with Crippen molar-refractivity contribution in [3.63, 3.8) is 0 Å². The van der Waals surface area contributed by atoms with E-state index in [0.717, 1.165) is 38.4 Å². The average molecular weight is 361 g/mol. The van der Waals surface area contributed by atoms with Gasteiger partial charge < -0.3 is 14.5 Å². The average Bonchev–Trinajstić information content (AvgIpc) is 2.94. The molecule has 2 aliphatic rings. The molecule has 0 amide bonds. The monoisotopic (exact) mass is 360 g/mol. The van der Waals surface area contributed by atoms with E-state index in [9.17, 15) is 4.79 Å². The van der Waals surface area contributed by atoms with Gasteiger partial charge in [0.1, 0.15) is 5.82 Å². The smallest absolute Gasteiger partial charge is 0.356 e. The second-order valence-corrected chi connectivity index (χ2v) is 7.61. The first kappa shape index (κ1) is 19.1. The molecule has 0 radical (unpaired) electrons. The summed E-state index contributed by atoms with van der Waals surface area (Å²) in [6, 6.07) is 6.95. The van der Waals surface area contributed by atoms with Gasteiger partial charge in [0.05, 0.1) is 7.11 Å². The number of nitrogens with zero attached hydrogens (tertiary/aromatic N) is 4. The lowest BCUT2D eigenvalue weighted by atomic mass is 10.0. The molecule has 0 atom stereocenters. The molecule has 3 heterocycles. The van der Waals surface area contributed by atoms with E-state index in [4.69, 9.17) is 4.74 Å². The van der Waals surface area contributed by atoms with Gasteiger partial charge >= 0.3 is 5.97 Å². The summed E-state index contributed by atoms with van der Waals surface area (Å²) in [4.78, 5) is 23.8. The van der Waals surface area contributed by atoms with Gasteiger partial charge in [-0.3, -0.25) is 4.90 Å². The van der Waals surface area contributed by atoms with Crippen LogP contribution in [0.4, 0.5) is 5.82 Å². The molecule has 1 aromatic heterocycles. The maximum Gasteiger partial charge on any atom is 0.356 e. The highest BCUT2D eigenvalue weighted by Crippen LogP contribution is 2.21. The summed E-state index contributed by atoms with van der Waals surface area (Å²) in [6.45, 7) is 11.2. The number of anilines is 1. The fraction of sp³-hybridized carbons (Fsp3) is 0.700. The van der Waals surface area contributed by atoms with Crippen molar-refractivity contribution in [1.82, 2.24) is 14.8 Å². The first-order chi connectivity index (χ1) is 12.6. The number of esters is 1. The van der Waals surface area contributed by atoms with Crippen LogP contribution >= 0.6 is 0 Å². The summed E-state index contributed by atoms with van der Waals surface area (Å²) >= 11 is 0. The summed E-state index contributed by atoms with van der Waals surface area (Å²) in [7, 11) is 1.39. The van der Waals surface area contributed by atoms with E-state index in [-0.39, 0.29) is 5.97 Å². The highest BCUT2D eigenvalue weighted by molar-refractivity contribution is 5.87. The van der Waals surface area contributed by atoms with E-state index in [1.165, 1.54) is 33.0 Å². The number of pyridine rings is 1. The molecule has 0 bridgehead atoms. The Morgan fingerprint density at radius 2 is 1.88 bits per heavy atom. The van der Waals surface area contributed by atoms with Crippen LogP contribution < -0.4 is 4.90 Å². The second-order valence-electron chi connectivity index (χ2n) is 7.61. The van der Waals surface area contributed by atoms with Gasteiger partial charge in [-0.1, -0.05) is 6.07 Å². The lowest BCUT2D eigenvalue weighted by Crippen LogP contribution is -2.47. The molecule has 6 heteroatoms. The van der Waals surface area contributed by atoms with Crippen molar-refractivity contribution >= 4 is 11.8 Å². The van der Waals surface area contributed by atoms with E-state index in [1.807, 2.05) is 12.1 Å². The molecule has 0 unspecified atom stereocenters. The minimum Gasteiger partial charge on any atom is -0.464 e. The van der Waals surface area contributed by atoms with Gasteiger partial charge in [0, 0.05) is 38.3 Å². The van der Waals surface area contributed by atoms with Gasteiger partial charge in [0.15, 0.2) is 5.69 Å². The maximum absolute atomic E-state index is 11.7. The number of hydrogen-bond acceptors (Lipinski definition) is 6. The molecule has 2 saturated heterocycles. The number of hydrogen-bond donors (Lipinski definition) is 0. The Bertz CT molecular complexity index is 599. The molecule has 0 N–H and O–H groups in total. The minimum atomic E-state index is -0.375. The van der Waals surface area contributed by atoms with Gasteiger partial charge in [-0.15, -0.1) is 0 Å². The molecule has 2 aliphatic heterocycles. The number of piperidine rings is 1. The van der Waals surface area contributed by atoms with E-state index >= 15 is 0 Å². The molecule has 3 rings (SSSR count). The quantitative estimate of drug-likeness (QED) is 0.768. The molecule has 0 saturated carbocycles. The third kappa shape index (κ3) is 4.54. The van der Waals surface area contributed by atoms with Crippen LogP contribution in [-0.4, -0.2) is 79.2 Å². The van der Waals surface area contributed by atoms with Crippen LogP contribution in [0.1, 0.15) is 43.6 Å². The van der Waals surface area contributed by atoms with Crippen molar-refractivity contribution in [3.8, 4) is 0 Å². The zero-order valence-corrected chi connectivity index (χ0v) is 16.4. The maximum atomic E-state index is 11.7. The Balaban J connectivity index is 1.58. The van der Waals surface area contributed by atoms with Crippen LogP contribution in [0.2, 0.25) is 0 Å². The van der Waals surface area contributed by atoms with Gasteiger partial charge in [0.25, 0.3) is 0 Å². The molecule has 26 heavy (non-hydrogen) atoms. The van der Waals surface area contributed by atoms with Gasteiger partial charge in [-0.05, 0) is 58.3 Å². The first-order valence-electron chi connectivity index (χ1n) is 9.87. The van der Waals surface area contributed by atoms with Crippen molar-refractivity contribution in [2.75, 3.05) is 51.3 Å². The lowest BCUT2D eigenvalue weighted by Gasteiger charge is -2.39. The highest BCUT2D eigenvalue weighted by Gasteiger charge is 2.27. The van der Waals surface area contributed by atoms with Crippen LogP contribution in [0.15, 0.2) is 18.2 Å². The Labute approximate surface area is 157 Å². The zero-order chi connectivity index (χ0) is 18.5. The van der Waals surface area contributed by atoms with Crippen molar-refractivity contribution in [2.24, 2.45) is 0 Å². The second kappa shape index (κ2) is 8.82. The third-order valence-electron chi connectivity index (χ3n) is 5.73. The van der Waals surface area contributed by atoms with Crippen molar-refractivity contribution in [2.45, 2.75) is 45.2 Å². The molecular formula is C20H32N4O2. The van der Waals surface area contributed by atoms with Gasteiger partial charge in [0.2, 0.25) is 0 Å². The molecule has 144 valence electrons. The van der Waals surface area contributed by atoms with E-state index in [1.54, 1.807) is 6.07 Å². The molecule has 0 spiro atoms. The Hall–Kier alpha value is -1.66. The normalized spacial score (nSPS) is 21.0. The van der Waals surface area contributed by atoms with E-state index < -0.39 is 0 Å². The summed E-state index contributed by atoms with van der Waals surface area (Å²) < 4.78 is 4.79. The van der Waals surface area contributed by atoms with Gasteiger partial charge in [-0.2, -0.15) is 0 Å². The third-order valence-corrected chi connectivity index (χ3v) is 5.73. The molecule has 0 aliphatic carbocycles. The summed E-state index contributed by atoms with van der Waals surface area (Å²) in [5.74, 6) is 0.504. The molecule has 2 fully saturated rings.